The first kappa shape index (κ1) is 9.86. The van der Waals surface area contributed by atoms with Gasteiger partial charge in [0.25, 0.3) is 12.2 Å². The van der Waals surface area contributed by atoms with Gasteiger partial charge < -0.3 is 0 Å². The Hall–Kier alpha value is -2.22. The van der Waals surface area contributed by atoms with E-state index >= 15 is 0 Å². The van der Waals surface area contributed by atoms with Crippen molar-refractivity contribution in [3.63, 3.8) is 0 Å². The molecule has 0 fully saturated rings. The molecule has 0 bridgehead atoms. The zero-order valence-electron chi connectivity index (χ0n) is 7.25. The summed E-state index contributed by atoms with van der Waals surface area (Å²) in [6.07, 6.45) is 2.60. The molecule has 0 heterocycles. The Labute approximate surface area is 80.3 Å². The molecule has 1 rings (SSSR count). The van der Waals surface area contributed by atoms with Crippen LogP contribution in [0.5, 0.6) is 0 Å². The molecule has 5 heteroatoms. The molecule has 5 nitrogen and oxygen atoms in total. The SMILES string of the molecule is O=C=NN(Cc1ccccc1)N=C=O. The van der Waals surface area contributed by atoms with Crippen LogP contribution in [0.4, 0.5) is 0 Å². The molecule has 1 aromatic rings. The lowest BCUT2D eigenvalue weighted by Crippen LogP contribution is -2.08. The predicted octanol–water partition coefficient (Wildman–Crippen LogP) is 0.990. The van der Waals surface area contributed by atoms with E-state index in [9.17, 15) is 9.59 Å². The Kier molecular flexibility index (Phi) is 3.83. The highest BCUT2D eigenvalue weighted by Crippen LogP contribution is 2.03. The molecule has 0 spiro atoms. The Morgan fingerprint density at radius 2 is 1.64 bits per heavy atom. The number of carbonyl (C=O) groups excluding carboxylic acids is 2. The second-order valence-electron chi connectivity index (χ2n) is 2.40. The standard InChI is InChI=1S/C9H7N3O2/c13-7-10-12(11-8-14)6-9-4-2-1-3-5-9/h1-5H,6H2. The topological polar surface area (TPSA) is 62.1 Å². The minimum Gasteiger partial charge on any atom is -0.209 e. The molecule has 0 amide bonds. The highest BCUT2D eigenvalue weighted by Gasteiger charge is 1.99. The Morgan fingerprint density at radius 3 is 2.14 bits per heavy atom. The largest absolute Gasteiger partial charge is 0.260 e. The van der Waals surface area contributed by atoms with Crippen molar-refractivity contribution >= 4 is 12.2 Å². The third-order valence-corrected chi connectivity index (χ3v) is 1.48. The van der Waals surface area contributed by atoms with E-state index in [0.717, 1.165) is 10.7 Å². The molecule has 0 aliphatic carbocycles. The zero-order valence-corrected chi connectivity index (χ0v) is 7.25. The molecule has 0 aromatic heterocycles. The van der Waals surface area contributed by atoms with Gasteiger partial charge in [-0.25, -0.2) is 9.59 Å². The first-order chi connectivity index (χ1) is 6.86. The van der Waals surface area contributed by atoms with Gasteiger partial charge in [0.1, 0.15) is 0 Å². The Bertz CT molecular complexity index is 360. The van der Waals surface area contributed by atoms with Crippen LogP contribution in [0.25, 0.3) is 0 Å². The third kappa shape index (κ3) is 3.03. The van der Waals surface area contributed by atoms with Crippen molar-refractivity contribution in [1.82, 2.24) is 5.12 Å². The van der Waals surface area contributed by atoms with Crippen LogP contribution in [0.1, 0.15) is 5.56 Å². The lowest BCUT2D eigenvalue weighted by atomic mass is 10.2. The van der Waals surface area contributed by atoms with E-state index in [2.05, 4.69) is 10.2 Å². The van der Waals surface area contributed by atoms with Gasteiger partial charge in [-0.2, -0.15) is 5.12 Å². The number of hydrazone groups is 2. The van der Waals surface area contributed by atoms with Crippen molar-refractivity contribution in [2.24, 2.45) is 10.2 Å². The fraction of sp³-hybridized carbons (Fsp3) is 0.111. The minimum absolute atomic E-state index is 0.241. The van der Waals surface area contributed by atoms with Crippen molar-refractivity contribution in [2.75, 3.05) is 0 Å². The summed E-state index contributed by atoms with van der Waals surface area (Å²) in [5.74, 6) is 0. The zero-order chi connectivity index (χ0) is 10.2. The van der Waals surface area contributed by atoms with Crippen LogP contribution in [0.3, 0.4) is 0 Å². The summed E-state index contributed by atoms with van der Waals surface area (Å²) < 4.78 is 0. The van der Waals surface area contributed by atoms with Gasteiger partial charge in [-0.15, -0.1) is 0 Å². The molecular weight excluding hydrogens is 182 g/mol. The second-order valence-corrected chi connectivity index (χ2v) is 2.40. The molecule has 0 saturated carbocycles. The van der Waals surface area contributed by atoms with Crippen molar-refractivity contribution in [3.8, 4) is 0 Å². The molecule has 14 heavy (non-hydrogen) atoms. The van der Waals surface area contributed by atoms with Crippen LogP contribution >= 0.6 is 0 Å². The van der Waals surface area contributed by atoms with Crippen molar-refractivity contribution in [3.05, 3.63) is 35.9 Å². The molecule has 1 aromatic carbocycles. The summed E-state index contributed by atoms with van der Waals surface area (Å²) in [6, 6.07) is 9.19. The first-order valence-corrected chi connectivity index (χ1v) is 3.84. The van der Waals surface area contributed by atoms with Gasteiger partial charge >= 0.3 is 0 Å². The van der Waals surface area contributed by atoms with E-state index in [0.29, 0.717) is 0 Å². The fourth-order valence-corrected chi connectivity index (χ4v) is 0.934. The molecule has 0 aliphatic rings. The van der Waals surface area contributed by atoms with Gasteiger partial charge in [-0.1, -0.05) is 40.5 Å². The van der Waals surface area contributed by atoms with Gasteiger partial charge in [-0.3, -0.25) is 0 Å². The van der Waals surface area contributed by atoms with Crippen LogP contribution in [-0.4, -0.2) is 17.3 Å². The Morgan fingerprint density at radius 1 is 1.07 bits per heavy atom. The highest BCUT2D eigenvalue weighted by molar-refractivity contribution is 5.34. The lowest BCUT2D eigenvalue weighted by Gasteiger charge is -2.07. The molecule has 0 atom stereocenters. The number of nitrogens with zero attached hydrogens (tertiary/aromatic N) is 3. The highest BCUT2D eigenvalue weighted by atomic mass is 16.1. The quantitative estimate of drug-likeness (QED) is 0.403. The summed E-state index contributed by atoms with van der Waals surface area (Å²) in [5, 5.41) is 7.34. The summed E-state index contributed by atoms with van der Waals surface area (Å²) in [4.78, 5) is 19.9. The molecule has 0 saturated heterocycles. The van der Waals surface area contributed by atoms with Gasteiger partial charge in [0, 0.05) is 0 Å². The number of benzene rings is 1. The molecule has 70 valence electrons. The minimum atomic E-state index is 0.241. The number of hydrogen-bond acceptors (Lipinski definition) is 5. The Balaban J connectivity index is 2.74. The van der Waals surface area contributed by atoms with Crippen molar-refractivity contribution in [1.29, 1.82) is 0 Å². The monoisotopic (exact) mass is 189 g/mol. The summed E-state index contributed by atoms with van der Waals surface area (Å²) >= 11 is 0. The van der Waals surface area contributed by atoms with Crippen LogP contribution in [0.2, 0.25) is 0 Å². The molecule has 0 aliphatic heterocycles. The smallest absolute Gasteiger partial charge is 0.209 e. The molecule has 0 N–H and O–H groups in total. The lowest BCUT2D eigenvalue weighted by molar-refractivity contribution is 0.291. The van der Waals surface area contributed by atoms with E-state index in [1.54, 1.807) is 0 Å². The maximum absolute atomic E-state index is 9.96. The second kappa shape index (κ2) is 5.43. The van der Waals surface area contributed by atoms with Crippen molar-refractivity contribution < 1.29 is 9.59 Å². The molecular formula is C9H7N3O2. The van der Waals surface area contributed by atoms with Crippen LogP contribution in [-0.2, 0) is 16.1 Å². The maximum atomic E-state index is 9.96. The molecule has 0 unspecified atom stereocenters. The van der Waals surface area contributed by atoms with E-state index < -0.39 is 0 Å². The van der Waals surface area contributed by atoms with Crippen LogP contribution in [0, 0.1) is 0 Å². The van der Waals surface area contributed by atoms with Crippen molar-refractivity contribution in [2.45, 2.75) is 6.54 Å². The predicted molar refractivity (Wildman–Crippen MR) is 48.2 cm³/mol. The average Bonchev–Trinajstić information content (AvgIpc) is 2.20. The van der Waals surface area contributed by atoms with Crippen LogP contribution < -0.4 is 0 Å². The third-order valence-electron chi connectivity index (χ3n) is 1.48. The normalized spacial score (nSPS) is 8.29. The van der Waals surface area contributed by atoms with Crippen LogP contribution in [0.15, 0.2) is 40.5 Å². The van der Waals surface area contributed by atoms with E-state index in [1.165, 1.54) is 12.2 Å². The summed E-state index contributed by atoms with van der Waals surface area (Å²) in [6.45, 7) is 0.241. The van der Waals surface area contributed by atoms with Gasteiger partial charge in [0.15, 0.2) is 0 Å². The van der Waals surface area contributed by atoms with Gasteiger partial charge in [-0.05, 0) is 5.56 Å². The summed E-state index contributed by atoms with van der Waals surface area (Å²) in [7, 11) is 0. The maximum Gasteiger partial charge on any atom is 0.260 e. The van der Waals surface area contributed by atoms with E-state index in [-0.39, 0.29) is 6.54 Å². The van der Waals surface area contributed by atoms with E-state index in [1.807, 2.05) is 30.3 Å². The van der Waals surface area contributed by atoms with Gasteiger partial charge in [0.05, 0.1) is 6.54 Å². The fourth-order valence-electron chi connectivity index (χ4n) is 0.934. The number of rotatable bonds is 4. The molecule has 0 radical (unpaired) electrons. The number of isocyanates is 2. The number of hydrogen-bond donors (Lipinski definition) is 0. The first-order valence-electron chi connectivity index (χ1n) is 3.84. The summed E-state index contributed by atoms with van der Waals surface area (Å²) in [5.41, 5.74) is 0.880. The van der Waals surface area contributed by atoms with Gasteiger partial charge in [0.2, 0.25) is 0 Å². The average molecular weight is 189 g/mol. The van der Waals surface area contributed by atoms with E-state index in [4.69, 9.17) is 0 Å².